The van der Waals surface area contributed by atoms with E-state index in [9.17, 15) is 20.5 Å². The lowest BCUT2D eigenvalue weighted by Gasteiger charge is -2.31. The minimum Gasteiger partial charge on any atom is -0.737 e. The number of rotatable bonds is 3. The summed E-state index contributed by atoms with van der Waals surface area (Å²) in [4.78, 5) is 9.89. The van der Waals surface area contributed by atoms with E-state index in [-0.39, 0.29) is 10.7 Å². The zero-order chi connectivity index (χ0) is 13.9. The van der Waals surface area contributed by atoms with Gasteiger partial charge < -0.3 is 10.4 Å². The van der Waals surface area contributed by atoms with Gasteiger partial charge in [0.05, 0.1) is 10.5 Å². The zero-order valence-corrected chi connectivity index (χ0v) is 10.2. The first-order valence-electron chi connectivity index (χ1n) is 5.12. The average Bonchev–Trinajstić information content (AvgIpc) is 2.27. The van der Waals surface area contributed by atoms with E-state index in [2.05, 4.69) is 5.28 Å². The third-order valence-corrected chi connectivity index (χ3v) is 2.18. The lowest BCUT2D eigenvalue weighted by Crippen LogP contribution is -2.45. The van der Waals surface area contributed by atoms with Gasteiger partial charge in [0.15, 0.2) is 0 Å². The molecule has 0 fully saturated rings. The molecule has 98 valence electrons. The fourth-order valence-corrected chi connectivity index (χ4v) is 1.49. The number of hydrogen-bond donors (Lipinski definition) is 0. The van der Waals surface area contributed by atoms with E-state index in [4.69, 9.17) is 0 Å². The SMILES string of the molecule is CC(C)(C)N(c1ccc([N+](=O)[O-])cc1)/[N+]([O-])=N/[O-]. The number of hydrazine groups is 1. The molecule has 0 atom stereocenters. The van der Waals surface area contributed by atoms with Gasteiger partial charge in [0.25, 0.3) is 5.69 Å². The monoisotopic (exact) mass is 253 g/mol. The molecule has 0 N–H and O–H groups in total. The van der Waals surface area contributed by atoms with E-state index < -0.39 is 10.5 Å². The maximum absolute atomic E-state index is 11.4. The van der Waals surface area contributed by atoms with Crippen molar-refractivity contribution < 1.29 is 9.89 Å². The smallest absolute Gasteiger partial charge is 0.269 e. The molecule has 0 bridgehead atoms. The van der Waals surface area contributed by atoms with Crippen LogP contribution in [0.5, 0.6) is 0 Å². The number of benzene rings is 1. The molecular formula is C10H13N4O4-. The fraction of sp³-hybridized carbons (Fsp3) is 0.400. The predicted molar refractivity (Wildman–Crippen MR) is 64.8 cm³/mol. The Morgan fingerprint density at radius 3 is 2.00 bits per heavy atom. The molecule has 1 aromatic rings. The van der Waals surface area contributed by atoms with Crippen molar-refractivity contribution in [3.8, 4) is 0 Å². The molecule has 0 heterocycles. The average molecular weight is 253 g/mol. The van der Waals surface area contributed by atoms with Crippen molar-refractivity contribution in [1.82, 2.24) is 0 Å². The van der Waals surface area contributed by atoms with Gasteiger partial charge in [-0.1, -0.05) is 0 Å². The van der Waals surface area contributed by atoms with Gasteiger partial charge in [-0.25, -0.2) is 0 Å². The van der Waals surface area contributed by atoms with Crippen molar-refractivity contribution in [1.29, 1.82) is 0 Å². The standard InChI is InChI=1S/C10H14N4O4/c1-10(2,3)12(14(18)11-15)8-4-6-9(7-5-8)13(16)17/h4-7,15H,1-3H3/p-1/b14-11-. The predicted octanol–water partition coefficient (Wildman–Crippen LogP) is 2.58. The second kappa shape index (κ2) is 4.86. The summed E-state index contributed by atoms with van der Waals surface area (Å²) in [6.45, 7) is 5.14. The highest BCUT2D eigenvalue weighted by Crippen LogP contribution is 2.26. The zero-order valence-electron chi connectivity index (χ0n) is 10.2. The van der Waals surface area contributed by atoms with Crippen molar-refractivity contribution >= 4 is 11.4 Å². The molecule has 8 nitrogen and oxygen atoms in total. The molecule has 0 saturated heterocycles. The van der Waals surface area contributed by atoms with Crippen LogP contribution in [0.15, 0.2) is 29.5 Å². The Morgan fingerprint density at radius 1 is 1.17 bits per heavy atom. The maximum Gasteiger partial charge on any atom is 0.269 e. The Hall–Kier alpha value is -2.38. The molecule has 18 heavy (non-hydrogen) atoms. The van der Waals surface area contributed by atoms with E-state index in [0.29, 0.717) is 5.69 Å². The Balaban J connectivity index is 3.19. The van der Waals surface area contributed by atoms with Gasteiger partial charge in [0.2, 0.25) is 0 Å². The normalized spacial score (nSPS) is 12.3. The quantitative estimate of drug-likeness (QED) is 0.356. The van der Waals surface area contributed by atoms with Crippen molar-refractivity contribution in [3.05, 3.63) is 44.8 Å². The highest BCUT2D eigenvalue weighted by molar-refractivity contribution is 5.50. The Labute approximate surface area is 103 Å². The number of nitro groups is 1. The molecule has 8 heteroatoms. The summed E-state index contributed by atoms with van der Waals surface area (Å²) in [5.74, 6) is 0. The van der Waals surface area contributed by atoms with E-state index >= 15 is 0 Å². The molecular weight excluding hydrogens is 240 g/mol. The second-order valence-electron chi connectivity index (χ2n) is 4.59. The topological polar surface area (TPSA) is 108 Å². The van der Waals surface area contributed by atoms with Gasteiger partial charge in [-0.05, 0) is 38.2 Å². The van der Waals surface area contributed by atoms with Crippen molar-refractivity contribution in [2.75, 3.05) is 5.01 Å². The molecule has 1 aromatic carbocycles. The second-order valence-corrected chi connectivity index (χ2v) is 4.59. The van der Waals surface area contributed by atoms with Crippen LogP contribution >= 0.6 is 0 Å². The van der Waals surface area contributed by atoms with Crippen LogP contribution in [-0.4, -0.2) is 15.4 Å². The van der Waals surface area contributed by atoms with Crippen LogP contribution < -0.4 is 5.01 Å². The van der Waals surface area contributed by atoms with Crippen molar-refractivity contribution in [2.45, 2.75) is 26.3 Å². The third kappa shape index (κ3) is 2.84. The summed E-state index contributed by atoms with van der Waals surface area (Å²) in [7, 11) is 0. The molecule has 0 unspecified atom stereocenters. The van der Waals surface area contributed by atoms with Crippen LogP contribution in [0.4, 0.5) is 11.4 Å². The molecule has 0 aliphatic carbocycles. The van der Waals surface area contributed by atoms with Gasteiger partial charge in [-0.15, -0.1) is 5.01 Å². The van der Waals surface area contributed by atoms with Gasteiger partial charge in [0.1, 0.15) is 5.69 Å². The summed E-state index contributed by atoms with van der Waals surface area (Å²) in [6, 6.07) is 5.29. The first-order chi connectivity index (χ1) is 8.27. The van der Waals surface area contributed by atoms with Crippen LogP contribution in [0.1, 0.15) is 20.8 Å². The lowest BCUT2D eigenvalue weighted by atomic mass is 10.1. The van der Waals surface area contributed by atoms with Crippen LogP contribution in [0.2, 0.25) is 0 Å². The van der Waals surface area contributed by atoms with Crippen LogP contribution in [-0.2, 0) is 0 Å². The van der Waals surface area contributed by atoms with E-state index in [1.807, 2.05) is 0 Å². The molecule has 0 aromatic heterocycles. The number of nitrogens with zero attached hydrogens (tertiary/aromatic N) is 4. The molecule has 0 aliphatic heterocycles. The number of non-ortho nitro benzene ring substituents is 1. The first-order valence-corrected chi connectivity index (χ1v) is 5.12. The minimum atomic E-state index is -0.689. The molecule has 0 saturated carbocycles. The number of nitro benzene ring substituents is 1. The number of hydrogen-bond acceptors (Lipinski definition) is 5. The summed E-state index contributed by atoms with van der Waals surface area (Å²) >= 11 is 0. The molecule has 0 amide bonds. The minimum absolute atomic E-state index is 0.0822. The van der Waals surface area contributed by atoms with Gasteiger partial charge >= 0.3 is 0 Å². The Morgan fingerprint density at radius 2 is 1.67 bits per heavy atom. The highest BCUT2D eigenvalue weighted by atomic mass is 16.6. The highest BCUT2D eigenvalue weighted by Gasteiger charge is 2.30. The molecule has 0 radical (unpaired) electrons. The van der Waals surface area contributed by atoms with Gasteiger partial charge in [-0.2, -0.15) is 0 Å². The summed E-state index contributed by atoms with van der Waals surface area (Å²) in [5, 5.41) is 35.7. The van der Waals surface area contributed by atoms with E-state index in [1.165, 1.54) is 24.3 Å². The summed E-state index contributed by atoms with van der Waals surface area (Å²) < 4.78 is 0. The van der Waals surface area contributed by atoms with Gasteiger partial charge in [-0.3, -0.25) is 10.1 Å². The Kier molecular flexibility index (Phi) is 3.70. The van der Waals surface area contributed by atoms with Crippen LogP contribution in [0.3, 0.4) is 0 Å². The summed E-state index contributed by atoms with van der Waals surface area (Å²) in [5.41, 5.74) is -0.432. The van der Waals surface area contributed by atoms with Crippen LogP contribution in [0.25, 0.3) is 0 Å². The van der Waals surface area contributed by atoms with E-state index in [0.717, 1.165) is 5.01 Å². The molecule has 0 spiro atoms. The fourth-order valence-electron chi connectivity index (χ4n) is 1.49. The first kappa shape index (κ1) is 13.7. The lowest BCUT2D eigenvalue weighted by molar-refractivity contribution is -0.549. The van der Waals surface area contributed by atoms with Gasteiger partial charge in [0, 0.05) is 17.1 Å². The number of anilines is 1. The molecule has 1 rings (SSSR count). The van der Waals surface area contributed by atoms with Crippen LogP contribution in [0, 0.1) is 20.5 Å². The Bertz CT molecular complexity index is 464. The maximum atomic E-state index is 11.4. The largest absolute Gasteiger partial charge is 0.737 e. The molecule has 0 aliphatic rings. The summed E-state index contributed by atoms with van der Waals surface area (Å²) in [6.07, 6.45) is 0. The van der Waals surface area contributed by atoms with E-state index in [1.54, 1.807) is 20.8 Å². The van der Waals surface area contributed by atoms with Crippen molar-refractivity contribution in [3.63, 3.8) is 0 Å². The van der Waals surface area contributed by atoms with Crippen molar-refractivity contribution in [2.24, 2.45) is 5.28 Å². The third-order valence-electron chi connectivity index (χ3n) is 2.18.